The first kappa shape index (κ1) is 17.8. The van der Waals surface area contributed by atoms with Crippen molar-refractivity contribution in [3.8, 4) is 0 Å². The van der Waals surface area contributed by atoms with Crippen molar-refractivity contribution in [3.63, 3.8) is 0 Å². The Morgan fingerprint density at radius 3 is 2.88 bits per heavy atom. The monoisotopic (exact) mass is 402 g/mol. The Hall–Kier alpha value is -1.56. The van der Waals surface area contributed by atoms with E-state index in [9.17, 15) is 4.79 Å². The molecule has 26 heavy (non-hydrogen) atoms. The second-order valence-corrected chi connectivity index (χ2v) is 8.90. The van der Waals surface area contributed by atoms with Crippen LogP contribution in [0.3, 0.4) is 0 Å². The van der Waals surface area contributed by atoms with Gasteiger partial charge in [-0.1, -0.05) is 35.9 Å². The van der Waals surface area contributed by atoms with E-state index in [4.69, 9.17) is 16.6 Å². The number of aromatic nitrogens is 1. The number of thiazole rings is 1. The average Bonchev–Trinajstić information content (AvgIpc) is 3.11. The number of rotatable bonds is 4. The standard InChI is InChI=1S/C20H19ClN2OS2/c21-15-7-1-3-9-17(15)25-13-19(24)23-11-5-6-14(12-23)20-22-16-8-2-4-10-18(16)26-20/h1-4,7-10,14H,5-6,11-13H2/t14-/m0/s1. The van der Waals surface area contributed by atoms with E-state index in [0.29, 0.717) is 16.7 Å². The number of carbonyl (C=O) groups is 1. The van der Waals surface area contributed by atoms with Crippen LogP contribution in [-0.4, -0.2) is 34.6 Å². The molecule has 3 nitrogen and oxygen atoms in total. The lowest BCUT2D eigenvalue weighted by Crippen LogP contribution is -2.40. The molecule has 0 spiro atoms. The minimum atomic E-state index is 0.181. The Balaban J connectivity index is 1.41. The molecule has 0 unspecified atom stereocenters. The maximum absolute atomic E-state index is 12.7. The van der Waals surface area contributed by atoms with Crippen molar-refractivity contribution < 1.29 is 4.79 Å². The molecule has 0 saturated carbocycles. The van der Waals surface area contributed by atoms with Crippen molar-refractivity contribution in [2.24, 2.45) is 0 Å². The van der Waals surface area contributed by atoms with Gasteiger partial charge >= 0.3 is 0 Å². The zero-order valence-corrected chi connectivity index (χ0v) is 16.6. The van der Waals surface area contributed by atoms with Crippen LogP contribution in [0.15, 0.2) is 53.4 Å². The van der Waals surface area contributed by atoms with Gasteiger partial charge in [0, 0.05) is 23.9 Å². The molecule has 4 rings (SSSR count). The van der Waals surface area contributed by atoms with Gasteiger partial charge in [-0.2, -0.15) is 0 Å². The highest BCUT2D eigenvalue weighted by molar-refractivity contribution is 8.00. The second kappa shape index (κ2) is 7.99. The van der Waals surface area contributed by atoms with Crippen LogP contribution in [0.2, 0.25) is 5.02 Å². The van der Waals surface area contributed by atoms with Gasteiger partial charge in [0.2, 0.25) is 5.91 Å². The van der Waals surface area contributed by atoms with Crippen LogP contribution in [0.4, 0.5) is 0 Å². The number of carbonyl (C=O) groups excluding carboxylic acids is 1. The molecule has 1 fully saturated rings. The number of benzene rings is 2. The van der Waals surface area contributed by atoms with E-state index in [1.165, 1.54) is 16.5 Å². The topological polar surface area (TPSA) is 33.2 Å². The number of thioether (sulfide) groups is 1. The van der Waals surface area contributed by atoms with Crippen molar-refractivity contribution >= 4 is 50.8 Å². The van der Waals surface area contributed by atoms with Gasteiger partial charge in [0.15, 0.2) is 0 Å². The zero-order valence-electron chi connectivity index (χ0n) is 14.2. The summed E-state index contributed by atoms with van der Waals surface area (Å²) in [6, 6.07) is 15.9. The third-order valence-corrected chi connectivity index (χ3v) is 7.32. The highest BCUT2D eigenvalue weighted by atomic mass is 35.5. The Morgan fingerprint density at radius 2 is 2.04 bits per heavy atom. The lowest BCUT2D eigenvalue weighted by molar-refractivity contribution is -0.129. The number of amides is 1. The highest BCUT2D eigenvalue weighted by Crippen LogP contribution is 2.33. The summed E-state index contributed by atoms with van der Waals surface area (Å²) in [6.07, 6.45) is 2.13. The molecule has 2 aromatic carbocycles. The summed E-state index contributed by atoms with van der Waals surface area (Å²) in [5, 5.41) is 1.86. The molecule has 0 aliphatic carbocycles. The van der Waals surface area contributed by atoms with Gasteiger partial charge in [0.25, 0.3) is 0 Å². The van der Waals surface area contributed by atoms with Crippen LogP contribution in [0, 0.1) is 0 Å². The van der Waals surface area contributed by atoms with Gasteiger partial charge in [0.1, 0.15) is 0 Å². The lowest BCUT2D eigenvalue weighted by Gasteiger charge is -2.31. The van der Waals surface area contributed by atoms with E-state index in [-0.39, 0.29) is 5.91 Å². The molecule has 134 valence electrons. The van der Waals surface area contributed by atoms with Crippen molar-refractivity contribution in [2.75, 3.05) is 18.8 Å². The third kappa shape index (κ3) is 3.90. The molecule has 1 amide bonds. The van der Waals surface area contributed by atoms with Crippen LogP contribution >= 0.6 is 34.7 Å². The SMILES string of the molecule is O=C(CSc1ccccc1Cl)N1CCC[C@H](c2nc3ccccc3s2)C1. The Bertz CT molecular complexity index is 894. The minimum absolute atomic E-state index is 0.181. The van der Waals surface area contributed by atoms with Crippen LogP contribution in [0.25, 0.3) is 10.2 Å². The Kier molecular flexibility index (Phi) is 5.48. The van der Waals surface area contributed by atoms with Crippen LogP contribution in [0.1, 0.15) is 23.8 Å². The number of para-hydroxylation sites is 1. The fourth-order valence-electron chi connectivity index (χ4n) is 3.26. The first-order valence-electron chi connectivity index (χ1n) is 8.71. The average molecular weight is 403 g/mol. The quantitative estimate of drug-likeness (QED) is 0.544. The number of hydrogen-bond donors (Lipinski definition) is 0. The van der Waals surface area contributed by atoms with Crippen molar-refractivity contribution in [1.29, 1.82) is 0 Å². The van der Waals surface area contributed by atoms with Gasteiger partial charge in [-0.15, -0.1) is 23.1 Å². The Labute approximate surface area is 166 Å². The molecule has 1 atom stereocenters. The van der Waals surface area contributed by atoms with E-state index in [2.05, 4.69) is 12.1 Å². The molecular formula is C20H19ClN2OS2. The Morgan fingerprint density at radius 1 is 1.23 bits per heavy atom. The van der Waals surface area contributed by atoms with E-state index < -0.39 is 0 Å². The van der Waals surface area contributed by atoms with Crippen molar-refractivity contribution in [1.82, 2.24) is 9.88 Å². The first-order valence-corrected chi connectivity index (χ1v) is 10.9. The summed E-state index contributed by atoms with van der Waals surface area (Å²) in [7, 11) is 0. The summed E-state index contributed by atoms with van der Waals surface area (Å²) >= 11 is 9.45. The van der Waals surface area contributed by atoms with Crippen LogP contribution < -0.4 is 0 Å². The van der Waals surface area contributed by atoms with E-state index in [1.54, 1.807) is 11.3 Å². The van der Waals surface area contributed by atoms with Gasteiger partial charge in [0.05, 0.1) is 26.0 Å². The van der Waals surface area contributed by atoms with E-state index in [1.807, 2.05) is 41.3 Å². The normalized spacial score (nSPS) is 17.6. The lowest BCUT2D eigenvalue weighted by atomic mass is 9.99. The van der Waals surface area contributed by atoms with Crippen LogP contribution in [-0.2, 0) is 4.79 Å². The molecular weight excluding hydrogens is 384 g/mol. The first-order chi connectivity index (χ1) is 12.7. The number of likely N-dealkylation sites (tertiary alicyclic amines) is 1. The third-order valence-electron chi connectivity index (χ3n) is 4.62. The van der Waals surface area contributed by atoms with Gasteiger partial charge in [-0.05, 0) is 37.1 Å². The molecule has 0 radical (unpaired) electrons. The predicted octanol–water partition coefficient (Wildman–Crippen LogP) is 5.45. The summed E-state index contributed by atoms with van der Waals surface area (Å²) in [4.78, 5) is 20.4. The van der Waals surface area contributed by atoms with Crippen LogP contribution in [0.5, 0.6) is 0 Å². The molecule has 0 bridgehead atoms. The molecule has 6 heteroatoms. The maximum atomic E-state index is 12.7. The molecule has 2 heterocycles. The fourth-order valence-corrected chi connectivity index (χ4v) is 5.50. The fraction of sp³-hybridized carbons (Fsp3) is 0.300. The molecule has 1 aromatic heterocycles. The molecule has 3 aromatic rings. The van der Waals surface area contributed by atoms with Gasteiger partial charge < -0.3 is 4.90 Å². The maximum Gasteiger partial charge on any atom is 0.232 e. The number of fused-ring (bicyclic) bond motifs is 1. The number of nitrogens with zero attached hydrogens (tertiary/aromatic N) is 2. The van der Waals surface area contributed by atoms with Crippen molar-refractivity contribution in [3.05, 3.63) is 58.6 Å². The minimum Gasteiger partial charge on any atom is -0.341 e. The summed E-state index contributed by atoms with van der Waals surface area (Å²) in [5.74, 6) is 0.951. The smallest absolute Gasteiger partial charge is 0.232 e. The number of hydrogen-bond acceptors (Lipinski definition) is 4. The van der Waals surface area contributed by atoms with Gasteiger partial charge in [-0.25, -0.2) is 4.98 Å². The van der Waals surface area contributed by atoms with E-state index >= 15 is 0 Å². The largest absolute Gasteiger partial charge is 0.341 e. The summed E-state index contributed by atoms with van der Waals surface area (Å²) in [5.41, 5.74) is 1.06. The summed E-state index contributed by atoms with van der Waals surface area (Å²) < 4.78 is 1.22. The van der Waals surface area contributed by atoms with Gasteiger partial charge in [-0.3, -0.25) is 4.79 Å². The second-order valence-electron chi connectivity index (χ2n) is 6.42. The highest BCUT2D eigenvalue weighted by Gasteiger charge is 2.26. The van der Waals surface area contributed by atoms with E-state index in [0.717, 1.165) is 41.4 Å². The summed E-state index contributed by atoms with van der Waals surface area (Å²) in [6.45, 7) is 1.60. The predicted molar refractivity (Wildman–Crippen MR) is 110 cm³/mol. The number of piperidine rings is 1. The van der Waals surface area contributed by atoms with Crippen molar-refractivity contribution in [2.45, 2.75) is 23.7 Å². The zero-order chi connectivity index (χ0) is 17.9. The molecule has 1 aliphatic rings. The number of halogens is 1. The molecule has 1 saturated heterocycles. The molecule has 1 aliphatic heterocycles. The molecule has 0 N–H and O–H groups in total.